The van der Waals surface area contributed by atoms with E-state index in [9.17, 15) is 27.2 Å². The average molecular weight is 387 g/mol. The van der Waals surface area contributed by atoms with E-state index in [2.05, 4.69) is 10.3 Å². The van der Waals surface area contributed by atoms with Crippen molar-refractivity contribution in [2.75, 3.05) is 13.2 Å². The van der Waals surface area contributed by atoms with Gasteiger partial charge in [0.1, 0.15) is 6.54 Å². The summed E-state index contributed by atoms with van der Waals surface area (Å²) in [4.78, 5) is 23.2. The lowest BCUT2D eigenvalue weighted by Gasteiger charge is -2.10. The highest BCUT2D eigenvalue weighted by molar-refractivity contribution is 5.94. The molecule has 1 heterocycles. The Kier molecular flexibility index (Phi) is 6.48. The van der Waals surface area contributed by atoms with Crippen LogP contribution in [0.4, 0.5) is 17.6 Å². The summed E-state index contributed by atoms with van der Waals surface area (Å²) < 4.78 is 50.1. The molecular weight excluding hydrogens is 370 g/mol. The minimum Gasteiger partial charge on any atom is -0.364 e. The third-order valence-corrected chi connectivity index (χ3v) is 3.62. The summed E-state index contributed by atoms with van der Waals surface area (Å²) in [6.45, 7) is -1.94. The molecule has 3 N–H and O–H groups in total. The van der Waals surface area contributed by atoms with Crippen molar-refractivity contribution in [1.29, 1.82) is 0 Å². The van der Waals surface area contributed by atoms with Gasteiger partial charge < -0.3 is 11.1 Å². The second-order valence-corrected chi connectivity index (χ2v) is 5.65. The average Bonchev–Trinajstić information content (AvgIpc) is 3.03. The van der Waals surface area contributed by atoms with Gasteiger partial charge in [-0.3, -0.25) is 14.0 Å². The number of hydrogen-bond donors (Lipinski definition) is 2. The second-order valence-electron chi connectivity index (χ2n) is 5.65. The highest BCUT2D eigenvalue weighted by atomic mass is 19.4. The number of nitrogens with two attached hydrogens (primary N) is 1. The number of carbonyl (C=O) groups excluding carboxylic acids is 2. The van der Waals surface area contributed by atoms with Gasteiger partial charge in [-0.1, -0.05) is 5.21 Å². The molecule has 0 aliphatic carbocycles. The van der Waals surface area contributed by atoms with Crippen molar-refractivity contribution in [3.63, 3.8) is 0 Å². The van der Waals surface area contributed by atoms with Crippen LogP contribution in [0.3, 0.4) is 0 Å². The normalized spacial score (nSPS) is 11.4. The zero-order chi connectivity index (χ0) is 20.0. The molecule has 146 valence electrons. The molecule has 0 radical (unpaired) electrons. The van der Waals surface area contributed by atoms with Crippen molar-refractivity contribution in [3.8, 4) is 5.69 Å². The molecule has 0 spiro atoms. The zero-order valence-corrected chi connectivity index (χ0v) is 14.1. The summed E-state index contributed by atoms with van der Waals surface area (Å²) in [7, 11) is 0. The van der Waals surface area contributed by atoms with Crippen LogP contribution >= 0.6 is 0 Å². The zero-order valence-electron chi connectivity index (χ0n) is 14.1. The summed E-state index contributed by atoms with van der Waals surface area (Å²) in [6.07, 6.45) is -3.46. The first-order valence-corrected chi connectivity index (χ1v) is 7.98. The van der Waals surface area contributed by atoms with Gasteiger partial charge in [-0.25, -0.2) is 4.68 Å². The van der Waals surface area contributed by atoms with Crippen molar-refractivity contribution in [1.82, 2.24) is 20.3 Å². The van der Waals surface area contributed by atoms with Crippen LogP contribution in [0.5, 0.6) is 0 Å². The molecule has 7 nitrogen and oxygen atoms in total. The van der Waals surface area contributed by atoms with Crippen molar-refractivity contribution >= 4 is 11.8 Å². The van der Waals surface area contributed by atoms with E-state index in [4.69, 9.17) is 5.73 Å². The number of rotatable bonds is 8. The van der Waals surface area contributed by atoms with Crippen molar-refractivity contribution in [2.24, 2.45) is 5.73 Å². The van der Waals surface area contributed by atoms with Gasteiger partial charge in [0, 0.05) is 5.56 Å². The van der Waals surface area contributed by atoms with Gasteiger partial charge >= 0.3 is 6.18 Å². The number of alkyl halides is 4. The first-order valence-electron chi connectivity index (χ1n) is 7.98. The number of nitrogens with zero attached hydrogens (tertiary/aromatic N) is 3. The van der Waals surface area contributed by atoms with Crippen LogP contribution in [0.1, 0.15) is 39.4 Å². The number of amides is 2. The number of primary amides is 1. The fourth-order valence-electron chi connectivity index (χ4n) is 2.35. The minimum atomic E-state index is -4.50. The maximum atomic E-state index is 12.3. The molecule has 0 fully saturated rings. The number of aromatic nitrogens is 3. The number of carbonyl (C=O) groups is 2. The smallest absolute Gasteiger partial charge is 0.364 e. The highest BCUT2D eigenvalue weighted by Crippen LogP contribution is 2.17. The fourth-order valence-corrected chi connectivity index (χ4v) is 2.35. The minimum absolute atomic E-state index is 0.0252. The summed E-state index contributed by atoms with van der Waals surface area (Å²) in [5.74, 6) is -1.65. The number of benzene rings is 1. The molecule has 0 saturated carbocycles. The number of nitrogens with one attached hydrogen (secondary N) is 1. The lowest BCUT2D eigenvalue weighted by molar-refractivity contribution is -0.123. The van der Waals surface area contributed by atoms with E-state index in [1.165, 1.54) is 28.9 Å². The molecule has 0 aliphatic heterocycles. The lowest BCUT2D eigenvalue weighted by atomic mass is 10.1. The maximum Gasteiger partial charge on any atom is 0.405 e. The van der Waals surface area contributed by atoms with Crippen LogP contribution in [0.25, 0.3) is 5.69 Å². The predicted molar refractivity (Wildman–Crippen MR) is 87.2 cm³/mol. The largest absolute Gasteiger partial charge is 0.405 e. The molecule has 2 aromatic rings. The second kappa shape index (κ2) is 8.60. The Bertz CT molecular complexity index is 802. The van der Waals surface area contributed by atoms with Crippen LogP contribution in [0.15, 0.2) is 24.3 Å². The fraction of sp³-hybridized carbons (Fsp3) is 0.375. The third kappa shape index (κ3) is 5.50. The van der Waals surface area contributed by atoms with E-state index in [0.29, 0.717) is 30.6 Å². The monoisotopic (exact) mass is 387 g/mol. The van der Waals surface area contributed by atoms with Crippen molar-refractivity contribution in [3.05, 3.63) is 41.2 Å². The van der Waals surface area contributed by atoms with Gasteiger partial charge in [-0.2, -0.15) is 13.2 Å². The van der Waals surface area contributed by atoms with Crippen molar-refractivity contribution in [2.45, 2.75) is 25.4 Å². The Balaban J connectivity index is 2.21. The van der Waals surface area contributed by atoms with Gasteiger partial charge in [0.15, 0.2) is 5.69 Å². The maximum absolute atomic E-state index is 12.3. The topological polar surface area (TPSA) is 103 Å². The van der Waals surface area contributed by atoms with Crippen LogP contribution in [-0.4, -0.2) is 46.2 Å². The van der Waals surface area contributed by atoms with Gasteiger partial charge in [0.25, 0.3) is 11.8 Å². The van der Waals surface area contributed by atoms with Gasteiger partial charge in [-0.05, 0) is 43.5 Å². The van der Waals surface area contributed by atoms with Crippen LogP contribution in [0, 0.1) is 0 Å². The predicted octanol–water partition coefficient (Wildman–Crippen LogP) is 1.95. The molecule has 1 aromatic heterocycles. The van der Waals surface area contributed by atoms with Crippen molar-refractivity contribution < 1.29 is 27.2 Å². The Labute approximate surface area is 151 Å². The number of halogens is 4. The standard InChI is InChI=1S/C16H17F4N5O2/c17-8-2-1-3-12-13(14(21)26)23-24-25(12)11-6-4-10(5-7-11)15(27)22-9-16(18,19)20/h4-7H,1-3,8-9H2,(H2,21,26)(H,22,27). The molecule has 0 aliphatic rings. The third-order valence-electron chi connectivity index (χ3n) is 3.62. The quantitative estimate of drug-likeness (QED) is 0.534. The van der Waals surface area contributed by atoms with Crippen LogP contribution in [0.2, 0.25) is 0 Å². The molecule has 2 rings (SSSR count). The Morgan fingerprint density at radius 2 is 1.81 bits per heavy atom. The molecule has 0 saturated heterocycles. The first kappa shape index (κ1) is 20.3. The van der Waals surface area contributed by atoms with Crippen LogP contribution < -0.4 is 11.1 Å². The molecular formula is C16H17F4N5O2. The number of unbranched alkanes of at least 4 members (excludes halogenated alkanes) is 1. The van der Waals surface area contributed by atoms with Crippen LogP contribution in [-0.2, 0) is 6.42 Å². The Hall–Kier alpha value is -2.98. The molecule has 0 bridgehead atoms. The van der Waals surface area contributed by atoms with E-state index in [0.717, 1.165) is 0 Å². The van der Waals surface area contributed by atoms with Gasteiger partial charge in [0.05, 0.1) is 18.1 Å². The summed E-state index contributed by atoms with van der Waals surface area (Å²) in [6, 6.07) is 5.53. The number of hydrogen-bond acceptors (Lipinski definition) is 4. The lowest BCUT2D eigenvalue weighted by Crippen LogP contribution is -2.33. The van der Waals surface area contributed by atoms with E-state index in [1.54, 1.807) is 5.32 Å². The Morgan fingerprint density at radius 3 is 2.37 bits per heavy atom. The summed E-state index contributed by atoms with van der Waals surface area (Å²) in [5.41, 5.74) is 6.08. The van der Waals surface area contributed by atoms with E-state index in [-0.39, 0.29) is 11.3 Å². The van der Waals surface area contributed by atoms with Gasteiger partial charge in [0.2, 0.25) is 0 Å². The SMILES string of the molecule is NC(=O)c1nnn(-c2ccc(C(=O)NCC(F)(F)F)cc2)c1CCCCF. The Morgan fingerprint density at radius 1 is 1.15 bits per heavy atom. The summed E-state index contributed by atoms with van der Waals surface area (Å²) in [5, 5.41) is 9.34. The molecule has 0 unspecified atom stereocenters. The highest BCUT2D eigenvalue weighted by Gasteiger charge is 2.28. The molecule has 11 heteroatoms. The van der Waals surface area contributed by atoms with E-state index in [1.807, 2.05) is 0 Å². The van der Waals surface area contributed by atoms with E-state index >= 15 is 0 Å². The van der Waals surface area contributed by atoms with Gasteiger partial charge in [-0.15, -0.1) is 5.10 Å². The molecule has 2 amide bonds. The molecule has 27 heavy (non-hydrogen) atoms. The molecule has 0 atom stereocenters. The molecule has 1 aromatic carbocycles. The first-order chi connectivity index (χ1) is 12.7. The summed E-state index contributed by atoms with van der Waals surface area (Å²) >= 11 is 0. The van der Waals surface area contributed by atoms with E-state index < -0.39 is 31.2 Å².